The van der Waals surface area contributed by atoms with Crippen molar-refractivity contribution < 1.29 is 17.9 Å². The highest BCUT2D eigenvalue weighted by atomic mass is 32.2. The summed E-state index contributed by atoms with van der Waals surface area (Å²) >= 11 is 0. The topological polar surface area (TPSA) is 91.3 Å². The lowest BCUT2D eigenvalue weighted by molar-refractivity contribution is -0.149. The predicted octanol–water partition coefficient (Wildman–Crippen LogP) is 1.68. The molecule has 1 fully saturated rings. The lowest BCUT2D eigenvalue weighted by Crippen LogP contribution is -2.48. The molecular formula is C20H32N4O4S. The lowest BCUT2D eigenvalue weighted by atomic mass is 9.98. The van der Waals surface area contributed by atoms with Gasteiger partial charge in [0.1, 0.15) is 0 Å². The van der Waals surface area contributed by atoms with Gasteiger partial charge in [-0.25, -0.2) is 17.7 Å². The standard InChI is InChI=1S/C20H32N4O4S/c1-5-21-20(24-13-9-11-17(15-24)19(25)28-6-2)22-14-16-10-7-8-12-18(16)29(26,27)23(3)4/h7-8,10,12,17H,5-6,9,11,13-15H2,1-4H3,(H,21,22). The van der Waals surface area contributed by atoms with Crippen LogP contribution >= 0.6 is 0 Å². The van der Waals surface area contributed by atoms with Crippen LogP contribution in [0.3, 0.4) is 0 Å². The molecule has 0 saturated carbocycles. The Balaban J connectivity index is 2.23. The smallest absolute Gasteiger partial charge is 0.310 e. The summed E-state index contributed by atoms with van der Waals surface area (Å²) in [6, 6.07) is 6.90. The molecule has 0 radical (unpaired) electrons. The van der Waals surface area contributed by atoms with E-state index >= 15 is 0 Å². The van der Waals surface area contributed by atoms with Crippen LogP contribution in [0.5, 0.6) is 0 Å². The minimum Gasteiger partial charge on any atom is -0.466 e. The van der Waals surface area contributed by atoms with Crippen molar-refractivity contribution in [1.82, 2.24) is 14.5 Å². The van der Waals surface area contributed by atoms with E-state index in [-0.39, 0.29) is 23.3 Å². The molecule has 1 aromatic rings. The van der Waals surface area contributed by atoms with Crippen LogP contribution in [0.2, 0.25) is 0 Å². The Labute approximate surface area is 174 Å². The van der Waals surface area contributed by atoms with Crippen molar-refractivity contribution in [2.24, 2.45) is 10.9 Å². The van der Waals surface area contributed by atoms with Crippen LogP contribution < -0.4 is 5.32 Å². The van der Waals surface area contributed by atoms with Crippen molar-refractivity contribution in [3.05, 3.63) is 29.8 Å². The molecule has 162 valence electrons. The number of likely N-dealkylation sites (tertiary alicyclic amines) is 1. The van der Waals surface area contributed by atoms with E-state index in [0.29, 0.717) is 31.2 Å². The van der Waals surface area contributed by atoms with Crippen molar-refractivity contribution >= 4 is 22.0 Å². The molecule has 9 heteroatoms. The molecule has 0 aliphatic carbocycles. The van der Waals surface area contributed by atoms with Crippen LogP contribution in [-0.4, -0.2) is 69.9 Å². The SMILES string of the molecule is CCNC(=NCc1ccccc1S(=O)(=O)N(C)C)N1CCCC(C(=O)OCC)C1. The predicted molar refractivity (Wildman–Crippen MR) is 113 cm³/mol. The zero-order valence-corrected chi connectivity index (χ0v) is 18.5. The molecule has 1 unspecified atom stereocenters. The second-order valence-electron chi connectivity index (χ2n) is 7.10. The summed E-state index contributed by atoms with van der Waals surface area (Å²) in [6.07, 6.45) is 1.68. The van der Waals surface area contributed by atoms with E-state index in [4.69, 9.17) is 4.74 Å². The second kappa shape index (κ2) is 10.6. The largest absolute Gasteiger partial charge is 0.466 e. The monoisotopic (exact) mass is 424 g/mol. The van der Waals surface area contributed by atoms with E-state index in [9.17, 15) is 13.2 Å². The number of carbonyl (C=O) groups is 1. The fourth-order valence-corrected chi connectivity index (χ4v) is 4.40. The van der Waals surface area contributed by atoms with Crippen LogP contribution in [0.4, 0.5) is 0 Å². The Morgan fingerprint density at radius 2 is 2.03 bits per heavy atom. The summed E-state index contributed by atoms with van der Waals surface area (Å²) in [6.45, 7) is 6.40. The summed E-state index contributed by atoms with van der Waals surface area (Å²) in [5, 5.41) is 3.26. The number of nitrogens with zero attached hydrogens (tertiary/aromatic N) is 3. The third kappa shape index (κ3) is 5.93. The molecule has 1 aromatic carbocycles. The maximum atomic E-state index is 12.6. The fraction of sp³-hybridized carbons (Fsp3) is 0.600. The maximum Gasteiger partial charge on any atom is 0.310 e. The Bertz CT molecular complexity index is 824. The van der Waals surface area contributed by atoms with Gasteiger partial charge in [0.05, 0.1) is 24.0 Å². The number of sulfonamides is 1. The number of hydrogen-bond acceptors (Lipinski definition) is 5. The molecule has 0 amide bonds. The third-order valence-corrected chi connectivity index (χ3v) is 6.72. The summed E-state index contributed by atoms with van der Waals surface area (Å²) in [5.74, 6) is 0.336. The molecule has 8 nitrogen and oxygen atoms in total. The van der Waals surface area contributed by atoms with E-state index in [0.717, 1.165) is 19.4 Å². The molecule has 1 heterocycles. The number of esters is 1. The highest BCUT2D eigenvalue weighted by molar-refractivity contribution is 7.89. The second-order valence-corrected chi connectivity index (χ2v) is 9.22. The summed E-state index contributed by atoms with van der Waals surface area (Å²) in [5.41, 5.74) is 0.635. The molecule has 1 saturated heterocycles. The van der Waals surface area contributed by atoms with E-state index in [1.54, 1.807) is 18.2 Å². The number of rotatable bonds is 7. The van der Waals surface area contributed by atoms with Gasteiger partial charge in [-0.05, 0) is 38.3 Å². The number of aliphatic imine (C=N–C) groups is 1. The summed E-state index contributed by atoms with van der Waals surface area (Å²) < 4.78 is 31.6. The van der Waals surface area contributed by atoms with Crippen molar-refractivity contribution in [1.29, 1.82) is 0 Å². The molecule has 1 aliphatic heterocycles. The molecule has 0 spiro atoms. The maximum absolute atomic E-state index is 12.6. The Morgan fingerprint density at radius 3 is 2.69 bits per heavy atom. The van der Waals surface area contributed by atoms with Crippen molar-refractivity contribution in [2.75, 3.05) is 40.3 Å². The number of nitrogens with one attached hydrogen (secondary N) is 1. The van der Waals surface area contributed by atoms with Gasteiger partial charge in [0.15, 0.2) is 5.96 Å². The molecule has 2 rings (SSSR count). The number of benzene rings is 1. The van der Waals surface area contributed by atoms with Gasteiger partial charge in [-0.2, -0.15) is 0 Å². The van der Waals surface area contributed by atoms with Gasteiger partial charge in [-0.3, -0.25) is 4.79 Å². The highest BCUT2D eigenvalue weighted by Gasteiger charge is 2.28. The molecular weight excluding hydrogens is 392 g/mol. The number of hydrogen-bond donors (Lipinski definition) is 1. The molecule has 1 N–H and O–H groups in total. The van der Waals surface area contributed by atoms with E-state index in [1.165, 1.54) is 18.4 Å². The minimum atomic E-state index is -3.55. The molecule has 0 aromatic heterocycles. The van der Waals surface area contributed by atoms with Gasteiger partial charge in [-0.1, -0.05) is 18.2 Å². The average molecular weight is 425 g/mol. The quantitative estimate of drug-likeness (QED) is 0.407. The lowest BCUT2D eigenvalue weighted by Gasteiger charge is -2.34. The number of piperidine rings is 1. The molecule has 0 bridgehead atoms. The van der Waals surface area contributed by atoms with Crippen LogP contribution in [0.25, 0.3) is 0 Å². The average Bonchev–Trinajstić information content (AvgIpc) is 2.71. The van der Waals surface area contributed by atoms with Crippen LogP contribution in [0, 0.1) is 5.92 Å². The summed E-state index contributed by atoms with van der Waals surface area (Å²) in [7, 11) is -0.517. The van der Waals surface area contributed by atoms with Gasteiger partial charge in [0.2, 0.25) is 10.0 Å². The van der Waals surface area contributed by atoms with Gasteiger partial charge in [0.25, 0.3) is 0 Å². The van der Waals surface area contributed by atoms with Gasteiger partial charge in [-0.15, -0.1) is 0 Å². The zero-order chi connectivity index (χ0) is 21.4. The molecule has 1 aliphatic rings. The van der Waals surface area contributed by atoms with E-state index in [1.807, 2.05) is 19.9 Å². The molecule has 29 heavy (non-hydrogen) atoms. The van der Waals surface area contributed by atoms with Crippen LogP contribution in [0.1, 0.15) is 32.3 Å². The first-order valence-corrected chi connectivity index (χ1v) is 11.5. The Hall–Kier alpha value is -2.13. The number of carbonyl (C=O) groups excluding carboxylic acids is 1. The van der Waals surface area contributed by atoms with Gasteiger partial charge in [0, 0.05) is 33.7 Å². The van der Waals surface area contributed by atoms with Crippen molar-refractivity contribution in [3.63, 3.8) is 0 Å². The van der Waals surface area contributed by atoms with Crippen molar-refractivity contribution in [2.45, 2.75) is 38.1 Å². The number of ether oxygens (including phenoxy) is 1. The van der Waals surface area contributed by atoms with E-state index < -0.39 is 10.0 Å². The van der Waals surface area contributed by atoms with Crippen molar-refractivity contribution in [3.8, 4) is 0 Å². The minimum absolute atomic E-state index is 0.171. The first kappa shape index (κ1) is 23.2. The highest BCUT2D eigenvalue weighted by Crippen LogP contribution is 2.21. The van der Waals surface area contributed by atoms with Crippen LogP contribution in [-0.2, 0) is 26.1 Å². The van der Waals surface area contributed by atoms with Crippen LogP contribution in [0.15, 0.2) is 34.2 Å². The Kier molecular flexibility index (Phi) is 8.45. The fourth-order valence-electron chi connectivity index (χ4n) is 3.29. The Morgan fingerprint density at radius 1 is 1.31 bits per heavy atom. The summed E-state index contributed by atoms with van der Waals surface area (Å²) in [4.78, 5) is 19.1. The molecule has 1 atom stereocenters. The van der Waals surface area contributed by atoms with E-state index in [2.05, 4.69) is 15.2 Å². The third-order valence-electron chi connectivity index (χ3n) is 4.81. The first-order valence-electron chi connectivity index (χ1n) is 10.0. The normalized spacial score (nSPS) is 18.0. The number of guanidine groups is 1. The zero-order valence-electron chi connectivity index (χ0n) is 17.7. The van der Waals surface area contributed by atoms with Gasteiger partial charge >= 0.3 is 5.97 Å². The van der Waals surface area contributed by atoms with Gasteiger partial charge < -0.3 is 15.0 Å². The first-order chi connectivity index (χ1) is 13.8.